The van der Waals surface area contributed by atoms with Gasteiger partial charge in [0.15, 0.2) is 0 Å². The lowest BCUT2D eigenvalue weighted by Gasteiger charge is -2.67. The second-order valence-electron chi connectivity index (χ2n) is 16.3. The molecule has 45 heavy (non-hydrogen) atoms. The van der Waals surface area contributed by atoms with Gasteiger partial charge in [0.25, 0.3) is 11.8 Å². The summed E-state index contributed by atoms with van der Waals surface area (Å²) in [4.78, 5) is 33.1. The van der Waals surface area contributed by atoms with E-state index >= 15 is 0 Å². The van der Waals surface area contributed by atoms with Crippen LogP contribution in [0.1, 0.15) is 86.2 Å². The van der Waals surface area contributed by atoms with Gasteiger partial charge in [-0.05, 0) is 128 Å². The zero-order valence-corrected chi connectivity index (χ0v) is 26.6. The highest BCUT2D eigenvalue weighted by atomic mass is 16.2. The lowest BCUT2D eigenvalue weighted by molar-refractivity contribution is -0.170. The number of fused-ring (bicyclic) bond motifs is 4. The van der Waals surface area contributed by atoms with Gasteiger partial charge in [-0.1, -0.05) is 50.2 Å². The Bertz CT molecular complexity index is 1720. The average molecular weight is 603 g/mol. The summed E-state index contributed by atoms with van der Waals surface area (Å²) >= 11 is 0. The van der Waals surface area contributed by atoms with E-state index in [1.54, 1.807) is 0 Å². The van der Waals surface area contributed by atoms with Crippen molar-refractivity contribution in [3.8, 4) is 0 Å². The number of hydrogen-bond acceptors (Lipinski definition) is 2. The van der Waals surface area contributed by atoms with E-state index in [0.717, 1.165) is 58.4 Å². The predicted molar refractivity (Wildman–Crippen MR) is 178 cm³/mol. The van der Waals surface area contributed by atoms with Crippen molar-refractivity contribution >= 4 is 33.6 Å². The lowest BCUT2D eigenvalue weighted by Crippen LogP contribution is -2.63. The fraction of sp³-hybridized carbons (Fsp3) is 0.538. The Labute approximate surface area is 265 Å². The van der Waals surface area contributed by atoms with Crippen LogP contribution in [0.4, 0.5) is 0 Å². The van der Waals surface area contributed by atoms with Gasteiger partial charge in [-0.2, -0.15) is 0 Å². The third-order valence-electron chi connectivity index (χ3n) is 13.9. The van der Waals surface area contributed by atoms with Crippen molar-refractivity contribution in [3.05, 3.63) is 72.1 Å². The molecule has 2 aromatic carbocycles. The largest absolute Gasteiger partial charge is 0.351 e. The molecule has 7 atom stereocenters. The summed E-state index contributed by atoms with van der Waals surface area (Å²) in [6.45, 7) is 5.81. The SMILES string of the molecule is C[C@@H]1[C@H]2C[C@@H](C[C@H]1NC(=O)c1cc3ccccc3[nH]1)C2(C)CC1C2CC3CC1CC(CNC(=O)c1cc4ccccc4[nH]1)(C3)C2. The van der Waals surface area contributed by atoms with E-state index in [9.17, 15) is 9.59 Å². The van der Waals surface area contributed by atoms with Crippen LogP contribution in [0.15, 0.2) is 60.7 Å². The molecule has 6 saturated carbocycles. The van der Waals surface area contributed by atoms with Crippen molar-refractivity contribution in [3.63, 3.8) is 0 Å². The van der Waals surface area contributed by atoms with Crippen LogP contribution >= 0.6 is 0 Å². The number of H-pyrrole nitrogens is 2. The molecule has 10 rings (SSSR count). The summed E-state index contributed by atoms with van der Waals surface area (Å²) in [5.74, 6) is 5.21. The molecule has 2 heterocycles. The highest BCUT2D eigenvalue weighted by molar-refractivity contribution is 5.98. The van der Waals surface area contributed by atoms with Gasteiger partial charge >= 0.3 is 0 Å². The highest BCUT2D eigenvalue weighted by Gasteiger charge is 2.62. The number of carbonyl (C=O) groups excluding carboxylic acids is 2. The molecular formula is C39H46N4O2. The maximum absolute atomic E-state index is 13.3. The fourth-order valence-corrected chi connectivity index (χ4v) is 11.8. The smallest absolute Gasteiger partial charge is 0.267 e. The van der Waals surface area contributed by atoms with Crippen molar-refractivity contribution in [1.29, 1.82) is 0 Å². The first kappa shape index (κ1) is 27.7. The van der Waals surface area contributed by atoms with E-state index in [1.165, 1.54) is 44.9 Å². The van der Waals surface area contributed by atoms with Crippen LogP contribution in [0.2, 0.25) is 0 Å². The molecular weight excluding hydrogens is 556 g/mol. The van der Waals surface area contributed by atoms with Crippen LogP contribution in [0, 0.1) is 52.3 Å². The zero-order valence-electron chi connectivity index (χ0n) is 26.6. The van der Waals surface area contributed by atoms with E-state index in [0.29, 0.717) is 34.6 Å². The maximum atomic E-state index is 13.3. The zero-order chi connectivity index (χ0) is 30.5. The number of nitrogens with one attached hydrogen (secondary N) is 4. The summed E-state index contributed by atoms with van der Waals surface area (Å²) in [5, 5.41) is 8.99. The molecule has 234 valence electrons. The minimum atomic E-state index is 0.0356. The Balaban J connectivity index is 0.846. The van der Waals surface area contributed by atoms with E-state index < -0.39 is 0 Å². The van der Waals surface area contributed by atoms with Crippen molar-refractivity contribution in [2.45, 2.75) is 71.3 Å². The Hall–Kier alpha value is -3.54. The van der Waals surface area contributed by atoms with E-state index in [-0.39, 0.29) is 23.3 Å². The Morgan fingerprint density at radius 1 is 0.822 bits per heavy atom. The predicted octanol–water partition coefficient (Wildman–Crippen LogP) is 7.69. The van der Waals surface area contributed by atoms with Gasteiger partial charge in [-0.3, -0.25) is 9.59 Å². The summed E-state index contributed by atoms with van der Waals surface area (Å²) in [6.07, 6.45) is 10.4. The molecule has 6 aliphatic rings. The first-order valence-electron chi connectivity index (χ1n) is 17.5. The Kier molecular flexibility index (Phi) is 6.15. The second kappa shape index (κ2) is 9.98. The third kappa shape index (κ3) is 4.41. The van der Waals surface area contributed by atoms with Crippen LogP contribution < -0.4 is 10.6 Å². The number of hydrogen-bond donors (Lipinski definition) is 4. The molecule has 4 aromatic rings. The summed E-state index contributed by atoms with van der Waals surface area (Å²) in [6, 6.07) is 20.4. The van der Waals surface area contributed by atoms with Crippen molar-refractivity contribution in [2.75, 3.05) is 6.54 Å². The Morgan fingerprint density at radius 2 is 1.44 bits per heavy atom. The van der Waals surface area contributed by atoms with Crippen molar-refractivity contribution < 1.29 is 9.59 Å². The monoisotopic (exact) mass is 602 g/mol. The lowest BCUT2D eigenvalue weighted by atomic mass is 9.38. The molecule has 0 saturated heterocycles. The Morgan fingerprint density at radius 3 is 2.07 bits per heavy atom. The van der Waals surface area contributed by atoms with Gasteiger partial charge in [-0.25, -0.2) is 0 Å². The van der Waals surface area contributed by atoms with E-state index in [2.05, 4.69) is 46.6 Å². The van der Waals surface area contributed by atoms with Gasteiger partial charge in [-0.15, -0.1) is 0 Å². The molecule has 2 aromatic heterocycles. The normalized spacial score (nSPS) is 37.9. The molecule has 6 heteroatoms. The minimum absolute atomic E-state index is 0.0356. The number of aromatic nitrogens is 2. The molecule has 0 radical (unpaired) electrons. The standard InChI is InChI=1S/C39H46N4O2/c1-22-30-15-28(16-33(22)43-37(45)35-14-25-8-4-6-10-32(25)42-35)38(30,2)20-29-26-11-23-12-27(29)19-39(17-23,18-26)21-40-36(44)34-13-24-7-3-5-9-31(24)41-34/h3-10,13-14,22-23,26-30,33,41-42H,11-12,15-21H2,1-2H3,(H,40,44)(H,43,45)/t22-,23?,26?,27?,28+,29?,30-,33-,38?,39?/m1/s1. The quantitative estimate of drug-likeness (QED) is 0.175. The van der Waals surface area contributed by atoms with Gasteiger partial charge in [0, 0.05) is 34.4 Å². The highest BCUT2D eigenvalue weighted by Crippen LogP contribution is 2.69. The number of rotatable bonds is 7. The van der Waals surface area contributed by atoms with E-state index in [4.69, 9.17) is 0 Å². The third-order valence-corrected chi connectivity index (χ3v) is 13.9. The summed E-state index contributed by atoms with van der Waals surface area (Å²) < 4.78 is 0. The molecule has 6 aliphatic carbocycles. The minimum Gasteiger partial charge on any atom is -0.351 e. The van der Waals surface area contributed by atoms with Crippen molar-refractivity contribution in [1.82, 2.24) is 20.6 Å². The molecule has 6 fully saturated rings. The number of benzene rings is 2. The van der Waals surface area contributed by atoms with Gasteiger partial charge < -0.3 is 20.6 Å². The molecule has 6 bridgehead atoms. The number of para-hydroxylation sites is 2. The molecule has 0 aliphatic heterocycles. The van der Waals surface area contributed by atoms with Crippen LogP contribution in [0.3, 0.4) is 0 Å². The van der Waals surface area contributed by atoms with Crippen molar-refractivity contribution in [2.24, 2.45) is 52.3 Å². The average Bonchev–Trinajstić information content (AvgIpc) is 3.67. The van der Waals surface area contributed by atoms with Gasteiger partial charge in [0.05, 0.1) is 0 Å². The molecule has 4 N–H and O–H groups in total. The topological polar surface area (TPSA) is 89.8 Å². The van der Waals surface area contributed by atoms with E-state index in [1.807, 2.05) is 48.5 Å². The number of aromatic amines is 2. The van der Waals surface area contributed by atoms with Crippen LogP contribution in [0.25, 0.3) is 21.8 Å². The van der Waals surface area contributed by atoms with Crippen LogP contribution in [0.5, 0.6) is 0 Å². The van der Waals surface area contributed by atoms with Gasteiger partial charge in [0.2, 0.25) is 0 Å². The van der Waals surface area contributed by atoms with Gasteiger partial charge in [0.1, 0.15) is 11.4 Å². The van der Waals surface area contributed by atoms with Crippen LogP contribution in [-0.4, -0.2) is 34.4 Å². The first-order chi connectivity index (χ1) is 21.8. The van der Waals surface area contributed by atoms with Crippen LogP contribution in [-0.2, 0) is 0 Å². The maximum Gasteiger partial charge on any atom is 0.267 e. The second-order valence-corrected chi connectivity index (χ2v) is 16.3. The first-order valence-corrected chi connectivity index (χ1v) is 17.5. The summed E-state index contributed by atoms with van der Waals surface area (Å²) in [5.41, 5.74) is 4.05. The molecule has 6 nitrogen and oxygen atoms in total. The number of amides is 2. The summed E-state index contributed by atoms with van der Waals surface area (Å²) in [7, 11) is 0. The molecule has 0 spiro atoms. The number of carbonyl (C=O) groups is 2. The molecule has 3 unspecified atom stereocenters. The fourth-order valence-electron chi connectivity index (χ4n) is 11.8. The molecule has 2 amide bonds.